The van der Waals surface area contributed by atoms with Crippen molar-refractivity contribution in [3.05, 3.63) is 90.0 Å². The fourth-order valence-electron chi connectivity index (χ4n) is 3.70. The maximum Gasteiger partial charge on any atom is 0.338 e. The van der Waals surface area contributed by atoms with E-state index in [1.54, 1.807) is 7.11 Å². The molecular weight excluding hydrogens is 400 g/mol. The highest BCUT2D eigenvalue weighted by atomic mass is 16.6. The summed E-state index contributed by atoms with van der Waals surface area (Å²) in [7, 11) is 1.66. The Morgan fingerprint density at radius 1 is 0.938 bits per heavy atom. The highest BCUT2D eigenvalue weighted by Gasteiger charge is 2.36. The minimum atomic E-state index is -0.516. The summed E-state index contributed by atoms with van der Waals surface area (Å²) in [6.07, 6.45) is 0.812. The third kappa shape index (κ3) is 4.83. The second kappa shape index (κ2) is 8.87. The van der Waals surface area contributed by atoms with Crippen LogP contribution >= 0.6 is 0 Å². The Balaban J connectivity index is 1.61. The highest BCUT2D eigenvalue weighted by molar-refractivity contribution is 6.06. The van der Waals surface area contributed by atoms with E-state index in [2.05, 4.69) is 4.90 Å². The van der Waals surface area contributed by atoms with Crippen LogP contribution in [0.25, 0.3) is 0 Å². The van der Waals surface area contributed by atoms with Crippen LogP contribution in [-0.2, 0) is 4.74 Å². The molecule has 0 bridgehead atoms. The van der Waals surface area contributed by atoms with Gasteiger partial charge in [-0.3, -0.25) is 0 Å². The number of carbonyl (C=O) groups excluding carboxylic acids is 1. The molecule has 0 saturated carbocycles. The standard InChI is InChI=1S/C27H28N2O3/c1-27(2,3)32-26(30)20-12-10-19(11-13-20)24-18-25(28-21-8-6-5-7-9-21)29(24)22-14-16-23(31-4)17-15-22/h5-17,24H,18H2,1-4H3. The van der Waals surface area contributed by atoms with Crippen LogP contribution in [-0.4, -0.2) is 24.5 Å². The Morgan fingerprint density at radius 3 is 2.19 bits per heavy atom. The maximum atomic E-state index is 12.4. The lowest BCUT2D eigenvalue weighted by atomic mass is 9.91. The summed E-state index contributed by atoms with van der Waals surface area (Å²) in [5.41, 5.74) is 3.14. The number of hydrogen-bond donors (Lipinski definition) is 0. The number of benzene rings is 3. The molecule has 5 nitrogen and oxygen atoms in total. The monoisotopic (exact) mass is 428 g/mol. The summed E-state index contributed by atoms with van der Waals surface area (Å²) < 4.78 is 10.8. The second-order valence-electron chi connectivity index (χ2n) is 8.78. The number of aliphatic imine (C=N–C) groups is 1. The Kier molecular flexibility index (Phi) is 5.99. The molecule has 1 saturated heterocycles. The topological polar surface area (TPSA) is 51.1 Å². The number of esters is 1. The number of rotatable bonds is 5. The molecule has 0 amide bonds. The second-order valence-corrected chi connectivity index (χ2v) is 8.78. The molecule has 0 spiro atoms. The molecule has 4 rings (SSSR count). The first-order chi connectivity index (χ1) is 15.3. The number of amidine groups is 1. The van der Waals surface area contributed by atoms with Crippen molar-refractivity contribution in [2.75, 3.05) is 12.0 Å². The Bertz CT molecular complexity index is 1100. The zero-order valence-corrected chi connectivity index (χ0v) is 18.9. The van der Waals surface area contributed by atoms with E-state index in [0.29, 0.717) is 5.56 Å². The molecule has 3 aromatic carbocycles. The SMILES string of the molecule is COc1ccc(N2C(=Nc3ccccc3)CC2c2ccc(C(=O)OC(C)(C)C)cc2)cc1. The number of carbonyl (C=O) groups is 1. The summed E-state index contributed by atoms with van der Waals surface area (Å²) >= 11 is 0. The summed E-state index contributed by atoms with van der Waals surface area (Å²) in [6, 6.07) is 25.8. The minimum absolute atomic E-state index is 0.138. The van der Waals surface area contributed by atoms with E-state index in [1.807, 2.05) is 99.6 Å². The van der Waals surface area contributed by atoms with Crippen molar-refractivity contribution in [3.63, 3.8) is 0 Å². The molecule has 1 aliphatic heterocycles. The molecule has 5 heteroatoms. The number of ether oxygens (including phenoxy) is 2. The summed E-state index contributed by atoms with van der Waals surface area (Å²) in [5.74, 6) is 1.51. The third-order valence-electron chi connectivity index (χ3n) is 5.26. The van der Waals surface area contributed by atoms with Gasteiger partial charge in [-0.1, -0.05) is 30.3 Å². The molecule has 3 aromatic rings. The van der Waals surface area contributed by atoms with Gasteiger partial charge in [0.1, 0.15) is 17.2 Å². The number of anilines is 1. The van der Waals surface area contributed by atoms with Crippen LogP contribution in [0.2, 0.25) is 0 Å². The van der Waals surface area contributed by atoms with E-state index in [1.165, 1.54) is 0 Å². The molecule has 1 fully saturated rings. The van der Waals surface area contributed by atoms with Gasteiger partial charge in [-0.15, -0.1) is 0 Å². The van der Waals surface area contributed by atoms with Crippen LogP contribution in [0.5, 0.6) is 5.75 Å². The maximum absolute atomic E-state index is 12.4. The fourth-order valence-corrected chi connectivity index (χ4v) is 3.70. The molecule has 1 heterocycles. The predicted octanol–water partition coefficient (Wildman–Crippen LogP) is 6.33. The van der Waals surface area contributed by atoms with E-state index in [4.69, 9.17) is 14.5 Å². The first-order valence-corrected chi connectivity index (χ1v) is 10.7. The van der Waals surface area contributed by atoms with Gasteiger partial charge in [0.2, 0.25) is 0 Å². The number of hydrogen-bond acceptors (Lipinski definition) is 4. The molecule has 164 valence electrons. The van der Waals surface area contributed by atoms with Crippen molar-refractivity contribution in [1.29, 1.82) is 0 Å². The van der Waals surface area contributed by atoms with Gasteiger partial charge < -0.3 is 14.4 Å². The van der Waals surface area contributed by atoms with Gasteiger partial charge in [-0.05, 0) is 74.9 Å². The summed E-state index contributed by atoms with van der Waals surface area (Å²) in [4.78, 5) is 19.5. The molecule has 0 radical (unpaired) electrons. The van der Waals surface area contributed by atoms with Gasteiger partial charge in [0.25, 0.3) is 0 Å². The van der Waals surface area contributed by atoms with Crippen LogP contribution < -0.4 is 9.64 Å². The van der Waals surface area contributed by atoms with E-state index < -0.39 is 5.60 Å². The van der Waals surface area contributed by atoms with Crippen molar-refractivity contribution in [1.82, 2.24) is 0 Å². The molecule has 0 N–H and O–H groups in total. The quantitative estimate of drug-likeness (QED) is 0.446. The van der Waals surface area contributed by atoms with Crippen LogP contribution in [0.15, 0.2) is 83.9 Å². The smallest absolute Gasteiger partial charge is 0.338 e. The van der Waals surface area contributed by atoms with Crippen molar-refractivity contribution in [2.24, 2.45) is 4.99 Å². The lowest BCUT2D eigenvalue weighted by molar-refractivity contribution is 0.00695. The summed E-state index contributed by atoms with van der Waals surface area (Å²) in [6.45, 7) is 5.61. The van der Waals surface area contributed by atoms with Gasteiger partial charge in [0, 0.05) is 12.1 Å². The Labute approximate surface area is 189 Å². The molecule has 0 aromatic heterocycles. The molecule has 1 atom stereocenters. The fraction of sp³-hybridized carbons (Fsp3) is 0.259. The zero-order valence-electron chi connectivity index (χ0n) is 18.9. The Hall–Kier alpha value is -3.60. The Morgan fingerprint density at radius 2 is 1.59 bits per heavy atom. The average molecular weight is 429 g/mol. The van der Waals surface area contributed by atoms with E-state index in [0.717, 1.165) is 34.9 Å². The van der Waals surface area contributed by atoms with Crippen LogP contribution in [0.4, 0.5) is 11.4 Å². The largest absolute Gasteiger partial charge is 0.497 e. The van der Waals surface area contributed by atoms with Crippen molar-refractivity contribution < 1.29 is 14.3 Å². The predicted molar refractivity (Wildman–Crippen MR) is 128 cm³/mol. The van der Waals surface area contributed by atoms with E-state index in [-0.39, 0.29) is 12.0 Å². The summed E-state index contributed by atoms with van der Waals surface area (Å²) in [5, 5.41) is 0. The number of nitrogens with zero attached hydrogens (tertiary/aromatic N) is 2. The minimum Gasteiger partial charge on any atom is -0.497 e. The van der Waals surface area contributed by atoms with Gasteiger partial charge in [-0.2, -0.15) is 0 Å². The van der Waals surface area contributed by atoms with Crippen LogP contribution in [0.1, 0.15) is 49.2 Å². The van der Waals surface area contributed by atoms with Crippen LogP contribution in [0, 0.1) is 0 Å². The van der Waals surface area contributed by atoms with Gasteiger partial charge in [-0.25, -0.2) is 9.79 Å². The molecular formula is C27H28N2O3. The molecule has 32 heavy (non-hydrogen) atoms. The van der Waals surface area contributed by atoms with Crippen molar-refractivity contribution >= 4 is 23.2 Å². The lowest BCUT2D eigenvalue weighted by Crippen LogP contribution is -2.46. The molecule has 1 aliphatic rings. The number of para-hydroxylation sites is 1. The highest BCUT2D eigenvalue weighted by Crippen LogP contribution is 2.41. The van der Waals surface area contributed by atoms with Gasteiger partial charge in [0.15, 0.2) is 0 Å². The normalized spacial score (nSPS) is 17.1. The van der Waals surface area contributed by atoms with Gasteiger partial charge in [0.05, 0.1) is 24.4 Å². The molecule has 0 aliphatic carbocycles. The number of methoxy groups -OCH3 is 1. The zero-order chi connectivity index (χ0) is 22.7. The van der Waals surface area contributed by atoms with E-state index >= 15 is 0 Å². The van der Waals surface area contributed by atoms with Crippen molar-refractivity contribution in [2.45, 2.75) is 38.8 Å². The first-order valence-electron chi connectivity index (χ1n) is 10.7. The van der Waals surface area contributed by atoms with E-state index in [9.17, 15) is 4.79 Å². The van der Waals surface area contributed by atoms with Crippen molar-refractivity contribution in [3.8, 4) is 5.75 Å². The van der Waals surface area contributed by atoms with Gasteiger partial charge >= 0.3 is 5.97 Å². The lowest BCUT2D eigenvalue weighted by Gasteiger charge is -2.44. The third-order valence-corrected chi connectivity index (χ3v) is 5.26. The first kappa shape index (κ1) is 21.6. The molecule has 1 unspecified atom stereocenters. The average Bonchev–Trinajstić information content (AvgIpc) is 2.76. The van der Waals surface area contributed by atoms with Crippen LogP contribution in [0.3, 0.4) is 0 Å².